The molecule has 2 radical (unpaired) electrons. The van der Waals surface area contributed by atoms with Crippen molar-refractivity contribution in [2.75, 3.05) is 0 Å². The second-order valence-electron chi connectivity index (χ2n) is 0.524. The van der Waals surface area contributed by atoms with E-state index in [1.807, 2.05) is 0 Å². The van der Waals surface area contributed by atoms with Gasteiger partial charge in [-0.15, -0.1) is 37.5 Å². The number of rotatable bonds is 1. The Kier molecular flexibility index (Phi) is 49.0. The summed E-state index contributed by atoms with van der Waals surface area (Å²) < 4.78 is 0. The predicted molar refractivity (Wildman–Crippen MR) is 35.3 cm³/mol. The summed E-state index contributed by atoms with van der Waals surface area (Å²) in [4.78, 5) is 0. The summed E-state index contributed by atoms with van der Waals surface area (Å²) in [6.45, 7) is 3.35. The third-order valence-electron chi connectivity index (χ3n) is 0.167. The molecule has 0 heterocycles. The molecule has 0 aliphatic rings. The summed E-state index contributed by atoms with van der Waals surface area (Å²) in [6.07, 6.45) is 2.24. The zero-order valence-corrected chi connectivity index (χ0v) is 5.02. The van der Waals surface area contributed by atoms with E-state index in [0.717, 1.165) is 0 Å². The number of hydrogen-bond acceptors (Lipinski definition) is 0. The van der Waals surface area contributed by atoms with Crippen LogP contribution in [0, 0.1) is 0 Å². The van der Waals surface area contributed by atoms with Crippen molar-refractivity contribution in [3.63, 3.8) is 0 Å². The first kappa shape index (κ1) is 16.2. The molecule has 0 aliphatic carbocycles. The molecule has 0 nitrogen and oxygen atoms in total. The molecular weight excluding hydrogens is 118 g/mol. The van der Waals surface area contributed by atoms with E-state index >= 15 is 0 Å². The van der Waals surface area contributed by atoms with E-state index in [0.29, 0.717) is 6.32 Å². The molecule has 3 heteroatoms. The van der Waals surface area contributed by atoms with Crippen molar-refractivity contribution < 1.29 is 0 Å². The molecule has 0 aromatic rings. The maximum Gasteiger partial charge on any atom is 0.0708 e. The highest BCUT2D eigenvalue weighted by Crippen LogP contribution is 1.61. The Morgan fingerprint density at radius 3 is 1.67 bits per heavy atom. The highest BCUT2D eigenvalue weighted by molar-refractivity contribution is 6.09. The van der Waals surface area contributed by atoms with Gasteiger partial charge < -0.3 is 0 Å². The van der Waals surface area contributed by atoms with Crippen molar-refractivity contribution in [2.45, 2.75) is 6.32 Å². The van der Waals surface area contributed by atoms with Crippen LogP contribution >= 0.6 is 24.8 Å². The molecule has 0 bridgehead atoms. The molecule has 0 saturated heterocycles. The van der Waals surface area contributed by atoms with Gasteiger partial charge in [-0.25, -0.2) is 0 Å². The minimum atomic E-state index is 0. The highest BCUT2D eigenvalue weighted by atomic mass is 35.5. The molecule has 6 heavy (non-hydrogen) atoms. The van der Waals surface area contributed by atoms with Crippen molar-refractivity contribution in [2.24, 2.45) is 0 Å². The van der Waals surface area contributed by atoms with Crippen LogP contribution in [0.4, 0.5) is 0 Å². The average Bonchev–Trinajstić information content (AvgIpc) is 1.37. The Labute approximate surface area is 52.2 Å². The maximum absolute atomic E-state index is 4.91. The van der Waals surface area contributed by atoms with E-state index in [4.69, 9.17) is 7.85 Å². The number of allylic oxidation sites excluding steroid dienone is 1. The lowest BCUT2D eigenvalue weighted by Gasteiger charge is -1.57. The first-order chi connectivity index (χ1) is 1.91. The summed E-state index contributed by atoms with van der Waals surface area (Å²) >= 11 is 0. The Morgan fingerprint density at radius 1 is 1.50 bits per heavy atom. The quantitative estimate of drug-likeness (QED) is 0.368. The van der Waals surface area contributed by atoms with Crippen LogP contribution in [0.1, 0.15) is 0 Å². The van der Waals surface area contributed by atoms with Crippen molar-refractivity contribution in [1.82, 2.24) is 0 Å². The zero-order valence-electron chi connectivity index (χ0n) is 3.39. The van der Waals surface area contributed by atoms with Crippen molar-refractivity contribution in [1.29, 1.82) is 0 Å². The topological polar surface area (TPSA) is 0 Å². The van der Waals surface area contributed by atoms with Gasteiger partial charge in [-0.3, -0.25) is 0 Å². The van der Waals surface area contributed by atoms with Crippen molar-refractivity contribution >= 4 is 32.7 Å². The summed E-state index contributed by atoms with van der Waals surface area (Å²) in [5, 5.41) is 0. The van der Waals surface area contributed by atoms with Gasteiger partial charge in [-0.2, -0.15) is 0 Å². The van der Waals surface area contributed by atoms with E-state index < -0.39 is 0 Å². The van der Waals surface area contributed by atoms with Gasteiger partial charge in [0.2, 0.25) is 0 Å². The maximum atomic E-state index is 4.91. The molecule has 0 fully saturated rings. The lowest BCUT2D eigenvalue weighted by Crippen LogP contribution is -1.47. The zero-order chi connectivity index (χ0) is 3.41. The summed E-state index contributed by atoms with van der Waals surface area (Å²) in [7, 11) is 4.91. The van der Waals surface area contributed by atoms with Gasteiger partial charge in [0.1, 0.15) is 0 Å². The molecule has 0 amide bonds. The van der Waals surface area contributed by atoms with E-state index in [2.05, 4.69) is 6.58 Å². The van der Waals surface area contributed by atoms with Gasteiger partial charge >= 0.3 is 0 Å². The summed E-state index contributed by atoms with van der Waals surface area (Å²) in [6, 6.07) is 0. The van der Waals surface area contributed by atoms with E-state index in [1.54, 1.807) is 6.08 Å². The molecular formula is C3H7BCl2. The monoisotopic (exact) mass is 124 g/mol. The van der Waals surface area contributed by atoms with Crippen LogP contribution in [-0.4, -0.2) is 7.85 Å². The van der Waals surface area contributed by atoms with Crippen LogP contribution in [-0.2, 0) is 0 Å². The smallest absolute Gasteiger partial charge is 0.0708 e. The van der Waals surface area contributed by atoms with Gasteiger partial charge in [0.05, 0.1) is 7.85 Å². The first-order valence-electron chi connectivity index (χ1n) is 1.22. The van der Waals surface area contributed by atoms with Crippen LogP contribution in [0.25, 0.3) is 0 Å². The van der Waals surface area contributed by atoms with Crippen LogP contribution in [0.15, 0.2) is 12.7 Å². The molecule has 0 atom stereocenters. The van der Waals surface area contributed by atoms with Gasteiger partial charge in [0.25, 0.3) is 0 Å². The first-order valence-corrected chi connectivity index (χ1v) is 1.22. The average molecular weight is 125 g/mol. The van der Waals surface area contributed by atoms with E-state index in [-0.39, 0.29) is 24.8 Å². The molecule has 0 aromatic carbocycles. The lowest BCUT2D eigenvalue weighted by molar-refractivity contribution is 1.76. The van der Waals surface area contributed by atoms with Crippen molar-refractivity contribution in [3.8, 4) is 0 Å². The highest BCUT2D eigenvalue weighted by Gasteiger charge is 1.46. The van der Waals surface area contributed by atoms with Gasteiger partial charge in [0.15, 0.2) is 0 Å². The van der Waals surface area contributed by atoms with Crippen LogP contribution in [0.2, 0.25) is 6.32 Å². The Morgan fingerprint density at radius 2 is 1.67 bits per heavy atom. The fourth-order valence-electron chi connectivity index (χ4n) is 0. The molecule has 0 spiro atoms. The molecule has 0 unspecified atom stereocenters. The van der Waals surface area contributed by atoms with Crippen molar-refractivity contribution in [3.05, 3.63) is 12.7 Å². The van der Waals surface area contributed by atoms with Crippen LogP contribution < -0.4 is 0 Å². The second-order valence-corrected chi connectivity index (χ2v) is 0.524. The van der Waals surface area contributed by atoms with E-state index in [9.17, 15) is 0 Å². The molecule has 0 saturated carbocycles. The Hall–Kier alpha value is 0.385. The summed E-state index contributed by atoms with van der Waals surface area (Å²) in [5.41, 5.74) is 0. The predicted octanol–water partition coefficient (Wildman–Crippen LogP) is 1.60. The van der Waals surface area contributed by atoms with Crippen LogP contribution in [0.3, 0.4) is 0 Å². The SMILES string of the molecule is Cl.Cl.[B]CC=C. The fraction of sp³-hybridized carbons (Fsp3) is 0.333. The third-order valence-corrected chi connectivity index (χ3v) is 0.167. The second kappa shape index (κ2) is 18.2. The van der Waals surface area contributed by atoms with Gasteiger partial charge in [-0.1, -0.05) is 6.32 Å². The Bertz CT molecular complexity index is 22.8. The van der Waals surface area contributed by atoms with Gasteiger partial charge in [-0.05, 0) is 0 Å². The lowest BCUT2D eigenvalue weighted by atomic mass is 10.1. The molecule has 36 valence electrons. The summed E-state index contributed by atoms with van der Waals surface area (Å²) in [5.74, 6) is 0. The normalized spacial score (nSPS) is 4.00. The minimum absolute atomic E-state index is 0. The third kappa shape index (κ3) is 26.2. The number of halogens is 2. The minimum Gasteiger partial charge on any atom is -0.147 e. The molecule has 0 N–H and O–H groups in total. The van der Waals surface area contributed by atoms with Gasteiger partial charge in [0, 0.05) is 0 Å². The Balaban J connectivity index is -0.0000000450. The molecule has 0 rings (SSSR count). The van der Waals surface area contributed by atoms with E-state index in [1.165, 1.54) is 0 Å². The fourth-order valence-corrected chi connectivity index (χ4v) is 0. The van der Waals surface area contributed by atoms with Crippen LogP contribution in [0.5, 0.6) is 0 Å². The molecule has 0 aromatic heterocycles. The number of hydrogen-bond donors (Lipinski definition) is 0. The molecule has 0 aliphatic heterocycles. The largest absolute Gasteiger partial charge is 0.147 e. The standard InChI is InChI=1S/C3H5B.2ClH/c1-2-3-4;;/h2H,1,3H2;2*1H.